The van der Waals surface area contributed by atoms with Crippen LogP contribution in [0.25, 0.3) is 0 Å². The molecule has 1 saturated heterocycles. The summed E-state index contributed by atoms with van der Waals surface area (Å²) in [5.74, 6) is 1.97. The van der Waals surface area contributed by atoms with E-state index in [9.17, 15) is 19.8 Å². The highest BCUT2D eigenvalue weighted by Crippen LogP contribution is 2.59. The normalized spacial score (nSPS) is 35.7. The Morgan fingerprint density at radius 1 is 1.28 bits per heavy atom. The second-order valence-electron chi connectivity index (χ2n) is 13.4. The number of hydrogen-bond donors (Lipinski definition) is 6. The first kappa shape index (κ1) is 32.7. The Balaban J connectivity index is 1.05. The Bertz CT molecular complexity index is 1230. The Hall–Kier alpha value is -1.72. The van der Waals surface area contributed by atoms with Gasteiger partial charge in [0.15, 0.2) is 0 Å². The first-order chi connectivity index (χ1) is 20.6. The molecule has 0 aromatic carbocycles. The minimum Gasteiger partial charge on any atom is -0.389 e. The van der Waals surface area contributed by atoms with Gasteiger partial charge >= 0.3 is 0 Å². The summed E-state index contributed by atoms with van der Waals surface area (Å²) in [6, 6.07) is -0.520. The SMILES string of the molecule is CC1C(S#C[C@H](NS)C(N)O)CC(=O)N1CCCCCC(=O)N/N=C1\CCC2C3CCC4=C(C=CC(O)C4)C3CCC12C. The van der Waals surface area contributed by atoms with Gasteiger partial charge in [-0.1, -0.05) is 49.1 Å². The first-order valence-electron chi connectivity index (χ1n) is 16.1. The largest absolute Gasteiger partial charge is 0.389 e. The lowest BCUT2D eigenvalue weighted by molar-refractivity contribution is -0.129. The van der Waals surface area contributed by atoms with Gasteiger partial charge in [0.1, 0.15) is 12.3 Å². The van der Waals surface area contributed by atoms with E-state index in [0.717, 1.165) is 57.8 Å². The molecule has 11 heteroatoms. The highest BCUT2D eigenvalue weighted by atomic mass is 32.1. The molecule has 0 aromatic heterocycles. The minimum absolute atomic E-state index is 0.0331. The number of nitrogens with zero attached hydrogens (tertiary/aromatic N) is 2. The molecule has 0 bridgehead atoms. The van der Waals surface area contributed by atoms with Crippen molar-refractivity contribution in [1.82, 2.24) is 15.0 Å². The highest BCUT2D eigenvalue weighted by molar-refractivity contribution is 7.89. The van der Waals surface area contributed by atoms with E-state index in [-0.39, 0.29) is 34.6 Å². The van der Waals surface area contributed by atoms with Crippen molar-refractivity contribution in [2.24, 2.45) is 34.0 Å². The molecule has 1 heterocycles. The fourth-order valence-corrected chi connectivity index (χ4v) is 9.81. The number of hydrazone groups is 1. The number of unbranched alkanes of at least 4 members (excludes halogenated alkanes) is 2. The molecule has 2 amide bonds. The third kappa shape index (κ3) is 7.08. The minimum atomic E-state index is -1.11. The summed E-state index contributed by atoms with van der Waals surface area (Å²) in [5, 5.41) is 27.4. The van der Waals surface area contributed by atoms with Crippen molar-refractivity contribution < 1.29 is 19.8 Å². The van der Waals surface area contributed by atoms with E-state index < -0.39 is 12.3 Å². The Labute approximate surface area is 265 Å². The molecule has 6 N–H and O–H groups in total. The molecule has 9 nitrogen and oxygen atoms in total. The van der Waals surface area contributed by atoms with E-state index in [0.29, 0.717) is 37.1 Å². The molecule has 0 spiro atoms. The standard InChI is InChI=1S/C32H49N5O4S2/c1-19-27(43-18-26(36-42)31(33)41)17-30(40)37(19)15-5-3-4-6-29(39)35-34-28-12-11-25-24-9-7-20-16-21(38)8-10-22(20)23(24)13-14-32(25,28)2/h8,10,19,21,23-27,31,36,38,41-42H,3-7,9,11-17,33H2,1-2H3,(H,35,39)/b34-28+/t19?,21?,23?,24?,25?,26-,27?,31?,32?/m0/s1. The van der Waals surface area contributed by atoms with Gasteiger partial charge in [-0.2, -0.15) is 5.10 Å². The molecule has 5 aliphatic rings. The number of allylic oxidation sites excluding steroid dienone is 2. The van der Waals surface area contributed by atoms with Crippen LogP contribution in [0.15, 0.2) is 28.4 Å². The zero-order valence-electron chi connectivity index (χ0n) is 25.5. The monoisotopic (exact) mass is 631 g/mol. The number of rotatable bonds is 9. The molecule has 5 rings (SSSR count). The van der Waals surface area contributed by atoms with Gasteiger partial charge in [-0.3, -0.25) is 9.59 Å². The molecule has 9 atom stereocenters. The molecule has 0 radical (unpaired) electrons. The van der Waals surface area contributed by atoms with Gasteiger partial charge in [0.25, 0.3) is 0 Å². The van der Waals surface area contributed by atoms with Crippen LogP contribution in [0.3, 0.4) is 0 Å². The fourth-order valence-electron chi connectivity index (χ4n) is 8.41. The van der Waals surface area contributed by atoms with Crippen molar-refractivity contribution in [3.8, 4) is 5.18 Å². The first-order valence-corrected chi connectivity index (χ1v) is 17.4. The van der Waals surface area contributed by atoms with Gasteiger partial charge in [0.2, 0.25) is 11.8 Å². The third-order valence-corrected chi connectivity index (χ3v) is 12.4. The van der Waals surface area contributed by atoms with Crippen LogP contribution in [0.1, 0.15) is 90.9 Å². The van der Waals surface area contributed by atoms with Crippen molar-refractivity contribution in [3.05, 3.63) is 23.3 Å². The summed E-state index contributed by atoms with van der Waals surface area (Å²) in [6.45, 7) is 5.08. The molecular formula is C32H49N5O4S2. The molecule has 2 saturated carbocycles. The van der Waals surface area contributed by atoms with Crippen molar-refractivity contribution in [3.63, 3.8) is 0 Å². The van der Waals surface area contributed by atoms with Gasteiger partial charge in [0.05, 0.1) is 11.4 Å². The Morgan fingerprint density at radius 2 is 2.09 bits per heavy atom. The average molecular weight is 632 g/mol. The van der Waals surface area contributed by atoms with Gasteiger partial charge in [-0.15, -0.1) is 11.2 Å². The Morgan fingerprint density at radius 3 is 2.86 bits per heavy atom. The van der Waals surface area contributed by atoms with Crippen LogP contribution in [-0.4, -0.2) is 68.8 Å². The maximum atomic E-state index is 12.7. The molecule has 43 heavy (non-hydrogen) atoms. The molecular weight excluding hydrogens is 583 g/mol. The number of aliphatic hydroxyl groups is 2. The number of nitrogens with one attached hydrogen (secondary N) is 2. The number of fused-ring (bicyclic) bond motifs is 4. The maximum Gasteiger partial charge on any atom is 0.240 e. The number of thiol groups is 1. The van der Waals surface area contributed by atoms with E-state index in [4.69, 9.17) is 10.8 Å². The molecule has 8 unspecified atom stereocenters. The molecule has 4 aliphatic carbocycles. The molecule has 3 fully saturated rings. The highest BCUT2D eigenvalue weighted by Gasteiger charge is 2.54. The summed E-state index contributed by atoms with van der Waals surface area (Å²) in [7, 11) is 0. The molecule has 238 valence electrons. The van der Waals surface area contributed by atoms with Crippen LogP contribution in [0.2, 0.25) is 0 Å². The van der Waals surface area contributed by atoms with E-state index in [2.05, 4.69) is 41.1 Å². The van der Waals surface area contributed by atoms with E-state index in [1.165, 1.54) is 34.4 Å². The second kappa shape index (κ2) is 14.1. The number of nitrogens with two attached hydrogens (primary N) is 1. The van der Waals surface area contributed by atoms with E-state index in [1.807, 2.05) is 17.9 Å². The summed E-state index contributed by atoms with van der Waals surface area (Å²) in [4.78, 5) is 27.2. The average Bonchev–Trinajstić information content (AvgIpc) is 3.46. The van der Waals surface area contributed by atoms with Crippen LogP contribution in [0, 0.1) is 28.4 Å². The molecule has 1 aliphatic heterocycles. The van der Waals surface area contributed by atoms with Crippen LogP contribution in [0.4, 0.5) is 0 Å². The van der Waals surface area contributed by atoms with Crippen LogP contribution in [0.5, 0.6) is 0 Å². The zero-order valence-corrected chi connectivity index (χ0v) is 27.2. The smallest absolute Gasteiger partial charge is 0.240 e. The van der Waals surface area contributed by atoms with Crippen LogP contribution < -0.4 is 15.9 Å². The number of likely N-dealkylation sites (tertiary alicyclic amines) is 1. The van der Waals surface area contributed by atoms with Crippen molar-refractivity contribution in [2.75, 3.05) is 6.54 Å². The zero-order chi connectivity index (χ0) is 30.7. The number of amides is 2. The lowest BCUT2D eigenvalue weighted by Gasteiger charge is -2.50. The van der Waals surface area contributed by atoms with Gasteiger partial charge in [-0.25, -0.2) is 10.1 Å². The van der Waals surface area contributed by atoms with E-state index in [1.54, 1.807) is 0 Å². The lowest BCUT2D eigenvalue weighted by atomic mass is 9.55. The predicted octanol–water partition coefficient (Wildman–Crippen LogP) is 3.63. The van der Waals surface area contributed by atoms with Crippen LogP contribution in [-0.2, 0) is 9.59 Å². The number of carbonyl (C=O) groups is 2. The van der Waals surface area contributed by atoms with Gasteiger partial charge < -0.3 is 20.8 Å². The summed E-state index contributed by atoms with van der Waals surface area (Å²) in [6.07, 6.45) is 13.6. The summed E-state index contributed by atoms with van der Waals surface area (Å²) in [5.41, 5.74) is 12.6. The van der Waals surface area contributed by atoms with Gasteiger partial charge in [-0.05, 0) is 88.0 Å². The topological polar surface area (TPSA) is 140 Å². The predicted molar refractivity (Wildman–Crippen MR) is 174 cm³/mol. The van der Waals surface area contributed by atoms with E-state index >= 15 is 0 Å². The van der Waals surface area contributed by atoms with Crippen LogP contribution >= 0.6 is 24.0 Å². The summed E-state index contributed by atoms with van der Waals surface area (Å²) >= 11 is 5.37. The van der Waals surface area contributed by atoms with Crippen molar-refractivity contribution in [2.45, 2.75) is 121 Å². The number of aliphatic hydroxyl groups excluding tert-OH is 2. The lowest BCUT2D eigenvalue weighted by Crippen LogP contribution is -2.44. The third-order valence-electron chi connectivity index (χ3n) is 10.9. The van der Waals surface area contributed by atoms with Gasteiger partial charge in [0, 0.05) is 36.6 Å². The Kier molecular flexibility index (Phi) is 10.7. The number of carbonyl (C=O) groups excluding carboxylic acids is 2. The maximum absolute atomic E-state index is 12.7. The fraction of sp³-hybridized carbons (Fsp3) is 0.750. The summed E-state index contributed by atoms with van der Waals surface area (Å²) < 4.78 is 2.62. The van der Waals surface area contributed by atoms with Crippen molar-refractivity contribution >= 4 is 41.5 Å². The van der Waals surface area contributed by atoms with Crippen molar-refractivity contribution in [1.29, 1.82) is 0 Å². The molecule has 0 aromatic rings. The quantitative estimate of drug-likeness (QED) is 0.0994. The number of hydrogen-bond acceptors (Lipinski definition) is 8. The second-order valence-corrected chi connectivity index (χ2v) is 14.7.